The molecule has 5 heteroatoms. The van der Waals surface area contributed by atoms with Crippen LogP contribution in [0.25, 0.3) is 0 Å². The molecule has 0 aromatic rings. The fourth-order valence-electron chi connectivity index (χ4n) is 2.70. The van der Waals surface area contributed by atoms with Crippen LogP contribution in [0, 0.1) is 11.3 Å². The molecule has 0 aliphatic heterocycles. The van der Waals surface area contributed by atoms with Gasteiger partial charge in [0.2, 0.25) is 9.05 Å². The molecule has 0 N–H and O–H groups in total. The summed E-state index contributed by atoms with van der Waals surface area (Å²) in [5, 5.41) is 0. The lowest BCUT2D eigenvalue weighted by atomic mass is 9.71. The van der Waals surface area contributed by atoms with Gasteiger partial charge in [-0.15, -0.1) is 0 Å². The lowest BCUT2D eigenvalue weighted by molar-refractivity contribution is -0.0164. The van der Waals surface area contributed by atoms with Crippen LogP contribution in [0.15, 0.2) is 0 Å². The Bertz CT molecular complexity index is 324. The molecule has 0 aromatic carbocycles. The molecule has 0 heterocycles. The number of hydrogen-bond donors (Lipinski definition) is 0. The van der Waals surface area contributed by atoms with Crippen LogP contribution in [0.2, 0.25) is 0 Å². The second-order valence-electron chi connectivity index (χ2n) is 5.65. The molecule has 0 aromatic heterocycles. The largest absolute Gasteiger partial charge is 0.377 e. The van der Waals surface area contributed by atoms with E-state index in [4.69, 9.17) is 15.4 Å². The van der Waals surface area contributed by atoms with E-state index < -0.39 is 9.05 Å². The average molecular weight is 269 g/mol. The fourth-order valence-corrected chi connectivity index (χ4v) is 3.18. The van der Waals surface area contributed by atoms with Crippen molar-refractivity contribution in [1.82, 2.24) is 0 Å². The smallest absolute Gasteiger partial charge is 0.234 e. The van der Waals surface area contributed by atoms with Crippen molar-refractivity contribution in [2.24, 2.45) is 11.3 Å². The SMILES string of the molecule is CC1CC(OCCS(=O)(=O)Cl)CC(C)(C)C1. The van der Waals surface area contributed by atoms with Crippen molar-refractivity contribution < 1.29 is 13.2 Å². The zero-order valence-corrected chi connectivity index (χ0v) is 11.8. The standard InChI is InChI=1S/C11H21ClO3S/c1-9-6-10(8-11(2,3)7-9)15-4-5-16(12,13)14/h9-10H,4-8H2,1-3H3. The third-order valence-corrected chi connectivity index (χ3v) is 4.14. The van der Waals surface area contributed by atoms with Gasteiger partial charge in [0.05, 0.1) is 18.5 Å². The van der Waals surface area contributed by atoms with Gasteiger partial charge in [-0.2, -0.15) is 0 Å². The highest BCUT2D eigenvalue weighted by molar-refractivity contribution is 8.13. The Morgan fingerprint density at radius 3 is 2.50 bits per heavy atom. The first kappa shape index (κ1) is 14.3. The predicted octanol–water partition coefficient (Wildman–Crippen LogP) is 2.79. The van der Waals surface area contributed by atoms with E-state index in [0.717, 1.165) is 12.8 Å². The normalized spacial score (nSPS) is 30.2. The first-order valence-corrected chi connectivity index (χ1v) is 8.20. The van der Waals surface area contributed by atoms with Gasteiger partial charge in [-0.25, -0.2) is 8.42 Å². The Labute approximate surface area is 103 Å². The molecule has 3 nitrogen and oxygen atoms in total. The van der Waals surface area contributed by atoms with E-state index in [9.17, 15) is 8.42 Å². The van der Waals surface area contributed by atoms with Crippen LogP contribution in [0.4, 0.5) is 0 Å². The first-order chi connectivity index (χ1) is 7.18. The van der Waals surface area contributed by atoms with Crippen LogP contribution in [0.3, 0.4) is 0 Å². The fraction of sp³-hybridized carbons (Fsp3) is 1.00. The summed E-state index contributed by atoms with van der Waals surface area (Å²) in [7, 11) is 1.71. The minimum atomic E-state index is -3.42. The van der Waals surface area contributed by atoms with Crippen molar-refractivity contribution in [3.63, 3.8) is 0 Å². The van der Waals surface area contributed by atoms with E-state index in [-0.39, 0.29) is 18.5 Å². The van der Waals surface area contributed by atoms with Crippen LogP contribution in [0.5, 0.6) is 0 Å². The third-order valence-electron chi connectivity index (χ3n) is 3.03. The number of hydrogen-bond acceptors (Lipinski definition) is 3. The topological polar surface area (TPSA) is 43.4 Å². The summed E-state index contributed by atoms with van der Waals surface area (Å²) in [6.07, 6.45) is 3.41. The highest BCUT2D eigenvalue weighted by Gasteiger charge is 2.32. The monoisotopic (exact) mass is 268 g/mol. The van der Waals surface area contributed by atoms with Crippen LogP contribution in [-0.4, -0.2) is 26.9 Å². The average Bonchev–Trinajstić information content (AvgIpc) is 1.96. The van der Waals surface area contributed by atoms with Crippen LogP contribution >= 0.6 is 10.7 Å². The zero-order valence-electron chi connectivity index (χ0n) is 10.2. The maximum Gasteiger partial charge on any atom is 0.234 e. The Morgan fingerprint density at radius 1 is 1.38 bits per heavy atom. The summed E-state index contributed by atoms with van der Waals surface area (Å²) in [6, 6.07) is 0. The molecule has 0 saturated heterocycles. The van der Waals surface area contributed by atoms with Crippen molar-refractivity contribution in [3.8, 4) is 0 Å². The lowest BCUT2D eigenvalue weighted by Crippen LogP contribution is -2.33. The highest BCUT2D eigenvalue weighted by atomic mass is 35.7. The van der Waals surface area contributed by atoms with E-state index in [2.05, 4.69) is 20.8 Å². The van der Waals surface area contributed by atoms with Gasteiger partial charge >= 0.3 is 0 Å². The van der Waals surface area contributed by atoms with Gasteiger partial charge in [0, 0.05) is 10.7 Å². The van der Waals surface area contributed by atoms with Gasteiger partial charge in [-0.1, -0.05) is 20.8 Å². The minimum absolute atomic E-state index is 0.0974. The van der Waals surface area contributed by atoms with E-state index >= 15 is 0 Å². The van der Waals surface area contributed by atoms with Gasteiger partial charge in [0.25, 0.3) is 0 Å². The molecule has 2 atom stereocenters. The van der Waals surface area contributed by atoms with Gasteiger partial charge in [-0.3, -0.25) is 0 Å². The second kappa shape index (κ2) is 5.23. The number of rotatable bonds is 4. The molecule has 1 saturated carbocycles. The highest BCUT2D eigenvalue weighted by Crippen LogP contribution is 2.39. The minimum Gasteiger partial charge on any atom is -0.377 e. The van der Waals surface area contributed by atoms with Crippen molar-refractivity contribution in [2.75, 3.05) is 12.4 Å². The maximum atomic E-state index is 10.8. The summed E-state index contributed by atoms with van der Waals surface area (Å²) < 4.78 is 27.1. The molecule has 1 aliphatic rings. The molecule has 1 aliphatic carbocycles. The van der Waals surface area contributed by atoms with E-state index in [1.165, 1.54) is 6.42 Å². The zero-order chi connectivity index (χ0) is 12.4. The summed E-state index contributed by atoms with van der Waals surface area (Å²) in [5.41, 5.74) is 0.294. The molecule has 0 radical (unpaired) electrons. The maximum absolute atomic E-state index is 10.8. The molecular formula is C11H21ClO3S. The Kier molecular flexibility index (Phi) is 4.66. The summed E-state index contributed by atoms with van der Waals surface area (Å²) in [5.74, 6) is 0.543. The Morgan fingerprint density at radius 2 is 2.00 bits per heavy atom. The number of halogens is 1. The van der Waals surface area contributed by atoms with Crippen molar-refractivity contribution in [1.29, 1.82) is 0 Å². The molecule has 1 rings (SSSR count). The molecule has 96 valence electrons. The van der Waals surface area contributed by atoms with Gasteiger partial charge in [-0.05, 0) is 30.6 Å². The van der Waals surface area contributed by atoms with Crippen molar-refractivity contribution >= 4 is 19.7 Å². The van der Waals surface area contributed by atoms with E-state index in [0.29, 0.717) is 11.3 Å². The molecule has 1 fully saturated rings. The molecule has 0 spiro atoms. The first-order valence-electron chi connectivity index (χ1n) is 5.72. The predicted molar refractivity (Wildman–Crippen MR) is 66.2 cm³/mol. The van der Waals surface area contributed by atoms with Gasteiger partial charge < -0.3 is 4.74 Å². The van der Waals surface area contributed by atoms with Crippen LogP contribution < -0.4 is 0 Å². The van der Waals surface area contributed by atoms with Gasteiger partial charge in [0.15, 0.2) is 0 Å². The summed E-state index contributed by atoms with van der Waals surface area (Å²) >= 11 is 0. The molecule has 16 heavy (non-hydrogen) atoms. The summed E-state index contributed by atoms with van der Waals surface area (Å²) in [4.78, 5) is 0. The third kappa shape index (κ3) is 5.51. The molecule has 0 amide bonds. The van der Waals surface area contributed by atoms with Crippen molar-refractivity contribution in [2.45, 2.75) is 46.1 Å². The summed E-state index contributed by atoms with van der Waals surface area (Å²) in [6.45, 7) is 6.89. The second-order valence-corrected chi connectivity index (χ2v) is 8.55. The molecular weight excluding hydrogens is 248 g/mol. The Hall–Kier alpha value is 0.200. The van der Waals surface area contributed by atoms with E-state index in [1.54, 1.807) is 0 Å². The van der Waals surface area contributed by atoms with E-state index in [1.807, 2.05) is 0 Å². The lowest BCUT2D eigenvalue weighted by Gasteiger charge is -2.38. The molecule has 2 unspecified atom stereocenters. The Balaban J connectivity index is 2.37. The van der Waals surface area contributed by atoms with Gasteiger partial charge in [0.1, 0.15) is 0 Å². The number of ether oxygens (including phenoxy) is 1. The van der Waals surface area contributed by atoms with Crippen molar-refractivity contribution in [3.05, 3.63) is 0 Å². The molecule has 0 bridgehead atoms. The van der Waals surface area contributed by atoms with Crippen LogP contribution in [0.1, 0.15) is 40.0 Å². The quantitative estimate of drug-likeness (QED) is 0.737. The van der Waals surface area contributed by atoms with Crippen LogP contribution in [-0.2, 0) is 13.8 Å².